The Labute approximate surface area is 213 Å². The third-order valence-electron chi connectivity index (χ3n) is 13.5. The fraction of sp³-hybridized carbons (Fsp3) is 0.871. The Morgan fingerprint density at radius 3 is 2.37 bits per heavy atom. The highest BCUT2D eigenvalue weighted by Crippen LogP contribution is 2.75. The number of rotatable bonds is 1. The van der Waals surface area contributed by atoms with Crippen molar-refractivity contribution in [2.24, 2.45) is 61.8 Å². The van der Waals surface area contributed by atoms with Crippen LogP contribution in [-0.2, 0) is 9.53 Å². The molecule has 0 heterocycles. The molecule has 0 spiro atoms. The Hall–Kier alpha value is -1.32. The number of oxime groups is 1. The zero-order valence-corrected chi connectivity index (χ0v) is 23.5. The minimum atomic E-state index is -0.338. The zero-order chi connectivity index (χ0) is 25.6. The van der Waals surface area contributed by atoms with Gasteiger partial charge in [-0.15, -0.1) is 0 Å². The molecule has 5 aliphatic carbocycles. The summed E-state index contributed by atoms with van der Waals surface area (Å²) in [4.78, 5) is 13.4. The highest BCUT2D eigenvalue weighted by atomic mass is 16.5. The maximum absolute atomic E-state index is 13.4. The van der Waals surface area contributed by atoms with Crippen LogP contribution in [0.15, 0.2) is 16.8 Å². The molecule has 1 N–H and O–H groups in total. The van der Waals surface area contributed by atoms with E-state index < -0.39 is 0 Å². The highest BCUT2D eigenvalue weighted by molar-refractivity contribution is 5.90. The molecular formula is C31H49NO3. The number of ether oxygens (including phenoxy) is 1. The van der Waals surface area contributed by atoms with Gasteiger partial charge in [-0.2, -0.15) is 0 Å². The number of hydrogen-bond donors (Lipinski definition) is 1. The SMILES string of the molecule is COC(=O)[C@]12CC[C@@H](C)[C@H](C)[C@H]1C1=CC[C@@H]3[C@@]4(C)CC/C(=N\O)C(C)(C)[C@@H]4CC[C@@]3(C)[C@]1(C)CC2. The lowest BCUT2D eigenvalue weighted by Crippen LogP contribution is -2.65. The second-order valence-electron chi connectivity index (χ2n) is 14.6. The predicted octanol–water partition coefficient (Wildman–Crippen LogP) is 7.65. The highest BCUT2D eigenvalue weighted by Gasteiger charge is 2.69. The van der Waals surface area contributed by atoms with E-state index >= 15 is 0 Å². The number of allylic oxidation sites excluding steroid dienone is 2. The molecule has 4 saturated carbocycles. The van der Waals surface area contributed by atoms with Gasteiger partial charge in [-0.25, -0.2) is 0 Å². The number of nitrogens with zero attached hydrogens (tertiary/aromatic N) is 1. The van der Waals surface area contributed by atoms with Crippen LogP contribution in [0.5, 0.6) is 0 Å². The first-order valence-corrected chi connectivity index (χ1v) is 14.3. The smallest absolute Gasteiger partial charge is 0.312 e. The molecule has 196 valence electrons. The lowest BCUT2D eigenvalue weighted by atomic mass is 9.33. The molecule has 4 nitrogen and oxygen atoms in total. The molecule has 5 rings (SSSR count). The van der Waals surface area contributed by atoms with Crippen molar-refractivity contribution in [2.75, 3.05) is 7.11 Å². The fourth-order valence-electron chi connectivity index (χ4n) is 11.0. The van der Waals surface area contributed by atoms with Crippen LogP contribution >= 0.6 is 0 Å². The van der Waals surface area contributed by atoms with Crippen molar-refractivity contribution in [1.82, 2.24) is 0 Å². The largest absolute Gasteiger partial charge is 0.469 e. The molecule has 0 bridgehead atoms. The lowest BCUT2D eigenvalue weighted by Gasteiger charge is -2.71. The van der Waals surface area contributed by atoms with E-state index in [-0.39, 0.29) is 33.0 Å². The quantitative estimate of drug-likeness (QED) is 0.180. The van der Waals surface area contributed by atoms with Gasteiger partial charge in [-0.1, -0.05) is 65.3 Å². The van der Waals surface area contributed by atoms with Crippen LogP contribution in [0.1, 0.15) is 106 Å². The van der Waals surface area contributed by atoms with E-state index in [0.717, 1.165) is 50.7 Å². The number of hydrogen-bond acceptors (Lipinski definition) is 4. The van der Waals surface area contributed by atoms with Gasteiger partial charge in [0.1, 0.15) is 0 Å². The average molecular weight is 484 g/mol. The van der Waals surface area contributed by atoms with Crippen molar-refractivity contribution in [3.8, 4) is 0 Å². The Morgan fingerprint density at radius 2 is 1.71 bits per heavy atom. The molecule has 4 heteroatoms. The number of esters is 1. The lowest BCUT2D eigenvalue weighted by molar-refractivity contribution is -0.183. The topological polar surface area (TPSA) is 58.9 Å². The van der Waals surface area contributed by atoms with Crippen LogP contribution in [0.2, 0.25) is 0 Å². The van der Waals surface area contributed by atoms with Crippen LogP contribution in [0.25, 0.3) is 0 Å². The number of fused-ring (bicyclic) bond motifs is 7. The first-order chi connectivity index (χ1) is 16.3. The third kappa shape index (κ3) is 2.98. The molecule has 0 radical (unpaired) electrons. The molecule has 0 amide bonds. The molecule has 0 aromatic heterocycles. The molecule has 35 heavy (non-hydrogen) atoms. The third-order valence-corrected chi connectivity index (χ3v) is 13.5. The summed E-state index contributed by atoms with van der Waals surface area (Å²) in [6, 6.07) is 0. The normalized spacial score (nSPS) is 51.8. The van der Waals surface area contributed by atoms with E-state index in [1.54, 1.807) is 12.7 Å². The maximum atomic E-state index is 13.4. The van der Waals surface area contributed by atoms with Crippen molar-refractivity contribution in [2.45, 2.75) is 106 Å². The minimum absolute atomic E-state index is 0.0389. The van der Waals surface area contributed by atoms with E-state index in [2.05, 4.69) is 59.7 Å². The van der Waals surface area contributed by atoms with Gasteiger partial charge in [0.2, 0.25) is 0 Å². The molecule has 0 saturated heterocycles. The molecule has 0 aromatic rings. The predicted molar refractivity (Wildman–Crippen MR) is 140 cm³/mol. The van der Waals surface area contributed by atoms with Crippen molar-refractivity contribution in [1.29, 1.82) is 0 Å². The standard InChI is InChI=1S/C31H49NO3/c1-19-11-16-31(26(33)35-8)18-17-29(6)21(25(31)20(19)2)9-10-23-28(5)14-13-24(32-34)27(3,4)22(28)12-15-30(23,29)7/h9,19-20,22-23,25,34H,10-18H2,1-8H3/b32-24+/t19-,20+,22+,23-,25+,28+,29-,30-,31+/m1/s1. The Balaban J connectivity index is 1.61. The summed E-state index contributed by atoms with van der Waals surface area (Å²) in [6.45, 7) is 17.2. The van der Waals surface area contributed by atoms with E-state index in [1.807, 2.05) is 0 Å². The van der Waals surface area contributed by atoms with Crippen LogP contribution in [0, 0.1) is 56.7 Å². The summed E-state index contributed by atoms with van der Waals surface area (Å²) >= 11 is 0. The fourth-order valence-corrected chi connectivity index (χ4v) is 11.0. The van der Waals surface area contributed by atoms with E-state index in [0.29, 0.717) is 29.6 Å². The molecule has 4 fully saturated rings. The van der Waals surface area contributed by atoms with Gasteiger partial charge in [0, 0.05) is 5.41 Å². The first-order valence-electron chi connectivity index (χ1n) is 14.3. The molecular weight excluding hydrogens is 434 g/mol. The Kier molecular flexibility index (Phi) is 5.67. The van der Waals surface area contributed by atoms with Gasteiger partial charge in [-0.05, 0) is 104 Å². The number of carbonyl (C=O) groups excluding carboxylic acids is 1. The second kappa shape index (κ2) is 7.84. The molecule has 5 aliphatic rings. The van der Waals surface area contributed by atoms with Crippen molar-refractivity contribution in [3.05, 3.63) is 11.6 Å². The number of carbonyl (C=O) groups is 1. The molecule has 9 atom stereocenters. The van der Waals surface area contributed by atoms with Crippen LogP contribution < -0.4 is 0 Å². The van der Waals surface area contributed by atoms with Gasteiger partial charge in [0.25, 0.3) is 0 Å². The minimum Gasteiger partial charge on any atom is -0.469 e. The zero-order valence-electron chi connectivity index (χ0n) is 23.5. The molecule has 0 aliphatic heterocycles. The summed E-state index contributed by atoms with van der Waals surface area (Å²) in [5, 5.41) is 13.5. The van der Waals surface area contributed by atoms with E-state index in [4.69, 9.17) is 4.74 Å². The Morgan fingerprint density at radius 1 is 1.00 bits per heavy atom. The summed E-state index contributed by atoms with van der Waals surface area (Å²) in [6.07, 6.45) is 12.3. The van der Waals surface area contributed by atoms with Gasteiger partial charge in [-0.3, -0.25) is 4.79 Å². The molecule has 0 unspecified atom stereocenters. The summed E-state index contributed by atoms with van der Waals surface area (Å²) in [5.74, 6) is 2.63. The first kappa shape index (κ1) is 25.3. The second-order valence-corrected chi connectivity index (χ2v) is 14.6. The van der Waals surface area contributed by atoms with E-state index in [1.165, 1.54) is 12.8 Å². The van der Waals surface area contributed by atoms with Crippen molar-refractivity contribution >= 4 is 11.7 Å². The monoisotopic (exact) mass is 483 g/mol. The van der Waals surface area contributed by atoms with Crippen LogP contribution in [-0.4, -0.2) is 24.0 Å². The summed E-state index contributed by atoms with van der Waals surface area (Å²) in [7, 11) is 1.59. The van der Waals surface area contributed by atoms with Crippen LogP contribution in [0.4, 0.5) is 0 Å². The molecule has 0 aromatic carbocycles. The summed E-state index contributed by atoms with van der Waals surface area (Å²) < 4.78 is 5.51. The van der Waals surface area contributed by atoms with Gasteiger partial charge in [0.15, 0.2) is 0 Å². The van der Waals surface area contributed by atoms with Gasteiger partial charge >= 0.3 is 5.97 Å². The average Bonchev–Trinajstić information content (AvgIpc) is 2.81. The van der Waals surface area contributed by atoms with Gasteiger partial charge < -0.3 is 9.94 Å². The van der Waals surface area contributed by atoms with E-state index in [9.17, 15) is 10.0 Å². The summed E-state index contributed by atoms with van der Waals surface area (Å²) in [5.41, 5.74) is 2.76. The number of methoxy groups -OCH3 is 1. The Bertz CT molecular complexity index is 966. The van der Waals surface area contributed by atoms with Crippen molar-refractivity contribution < 1.29 is 14.7 Å². The van der Waals surface area contributed by atoms with Gasteiger partial charge in [0.05, 0.1) is 18.2 Å². The maximum Gasteiger partial charge on any atom is 0.312 e. The van der Waals surface area contributed by atoms with Crippen LogP contribution in [0.3, 0.4) is 0 Å². The van der Waals surface area contributed by atoms with Crippen molar-refractivity contribution in [3.63, 3.8) is 0 Å².